The number of para-hydroxylation sites is 2. The summed E-state index contributed by atoms with van der Waals surface area (Å²) in [4.78, 5) is 11.7. The summed E-state index contributed by atoms with van der Waals surface area (Å²) in [5.41, 5.74) is 0.139. The van der Waals surface area contributed by atoms with Crippen LogP contribution in [0.1, 0.15) is 10.4 Å². The molecule has 2 rings (SSSR count). The van der Waals surface area contributed by atoms with Crippen molar-refractivity contribution in [3.8, 4) is 11.5 Å². The minimum atomic E-state index is -3.97. The number of rotatable bonds is 5. The van der Waals surface area contributed by atoms with E-state index in [4.69, 9.17) is 4.74 Å². The van der Waals surface area contributed by atoms with Gasteiger partial charge in [0.2, 0.25) is 0 Å². The number of methoxy groups -OCH3 is 1. The summed E-state index contributed by atoms with van der Waals surface area (Å²) >= 11 is 0. The van der Waals surface area contributed by atoms with Gasteiger partial charge in [-0.05, 0) is 30.3 Å². The summed E-state index contributed by atoms with van der Waals surface area (Å²) in [5.74, 6) is -0.413. The average Bonchev–Trinajstić information content (AvgIpc) is 2.55. The van der Waals surface area contributed by atoms with Gasteiger partial charge in [-0.25, -0.2) is 8.42 Å². The van der Waals surface area contributed by atoms with Gasteiger partial charge in [-0.15, -0.1) is 0 Å². The zero-order valence-corrected chi connectivity index (χ0v) is 13.3. The Morgan fingerprint density at radius 1 is 1.17 bits per heavy atom. The van der Waals surface area contributed by atoms with Gasteiger partial charge in [0.05, 0.1) is 23.3 Å². The maximum Gasteiger partial charge on any atom is 0.262 e. The van der Waals surface area contributed by atoms with Crippen LogP contribution in [-0.4, -0.2) is 33.6 Å². The number of anilines is 1. The Balaban J connectivity index is 2.44. The van der Waals surface area contributed by atoms with Gasteiger partial charge < -0.3 is 15.2 Å². The van der Waals surface area contributed by atoms with Crippen LogP contribution in [0.3, 0.4) is 0 Å². The molecule has 3 N–H and O–H groups in total. The molecular formula is C15H16N2O5S. The standard InChI is InChI=1S/C15H16N2O5S/c1-16-15(19)11-9-10(7-8-14(11)22-2)23(20,21)17-12-5-3-4-6-13(12)18/h3-9,17-18H,1-2H3,(H,16,19). The van der Waals surface area contributed by atoms with E-state index in [9.17, 15) is 18.3 Å². The molecule has 0 spiro atoms. The normalized spacial score (nSPS) is 10.9. The minimum absolute atomic E-state index is 0.0461. The fraction of sp³-hybridized carbons (Fsp3) is 0.133. The topological polar surface area (TPSA) is 105 Å². The number of carbonyl (C=O) groups is 1. The average molecular weight is 336 g/mol. The van der Waals surface area contributed by atoms with E-state index in [2.05, 4.69) is 10.0 Å². The highest BCUT2D eigenvalue weighted by atomic mass is 32.2. The third kappa shape index (κ3) is 3.54. The molecule has 8 heteroatoms. The molecule has 0 fully saturated rings. The van der Waals surface area contributed by atoms with Crippen molar-refractivity contribution in [1.82, 2.24) is 5.32 Å². The molecule has 0 saturated carbocycles. The van der Waals surface area contributed by atoms with Crippen molar-refractivity contribution in [2.75, 3.05) is 18.9 Å². The zero-order chi connectivity index (χ0) is 17.0. The summed E-state index contributed by atoms with van der Waals surface area (Å²) in [6, 6.07) is 9.86. The van der Waals surface area contributed by atoms with Crippen molar-refractivity contribution < 1.29 is 23.1 Å². The fourth-order valence-corrected chi connectivity index (χ4v) is 3.03. The predicted octanol–water partition coefficient (Wildman–Crippen LogP) is 1.56. The molecule has 0 atom stereocenters. The molecule has 0 aliphatic carbocycles. The van der Waals surface area contributed by atoms with Crippen molar-refractivity contribution in [3.63, 3.8) is 0 Å². The van der Waals surface area contributed by atoms with Crippen LogP contribution >= 0.6 is 0 Å². The van der Waals surface area contributed by atoms with Crippen LogP contribution in [0.5, 0.6) is 11.5 Å². The van der Waals surface area contributed by atoms with Crippen molar-refractivity contribution in [3.05, 3.63) is 48.0 Å². The maximum atomic E-state index is 12.4. The lowest BCUT2D eigenvalue weighted by Crippen LogP contribution is -2.20. The summed E-state index contributed by atoms with van der Waals surface area (Å²) < 4.78 is 32.2. The number of sulfonamides is 1. The van der Waals surface area contributed by atoms with Gasteiger partial charge in [-0.2, -0.15) is 0 Å². The van der Waals surface area contributed by atoms with Crippen LogP contribution in [0.15, 0.2) is 47.4 Å². The van der Waals surface area contributed by atoms with E-state index in [0.717, 1.165) is 0 Å². The molecular weight excluding hydrogens is 320 g/mol. The Bertz CT molecular complexity index is 834. The van der Waals surface area contributed by atoms with E-state index in [1.165, 1.54) is 44.5 Å². The van der Waals surface area contributed by atoms with Crippen LogP contribution in [0, 0.1) is 0 Å². The van der Waals surface area contributed by atoms with E-state index < -0.39 is 15.9 Å². The summed E-state index contributed by atoms with van der Waals surface area (Å²) in [5, 5.41) is 12.1. The first-order valence-corrected chi connectivity index (χ1v) is 8.08. The van der Waals surface area contributed by atoms with Crippen molar-refractivity contribution in [2.45, 2.75) is 4.90 Å². The van der Waals surface area contributed by atoms with Gasteiger partial charge in [0, 0.05) is 7.05 Å². The monoisotopic (exact) mass is 336 g/mol. The highest BCUT2D eigenvalue weighted by Crippen LogP contribution is 2.27. The molecule has 7 nitrogen and oxygen atoms in total. The third-order valence-corrected chi connectivity index (χ3v) is 4.46. The number of hydrogen-bond donors (Lipinski definition) is 3. The van der Waals surface area contributed by atoms with Crippen LogP contribution in [0.25, 0.3) is 0 Å². The molecule has 122 valence electrons. The number of phenols is 1. The summed E-state index contributed by atoms with van der Waals surface area (Å²) in [6.07, 6.45) is 0. The molecule has 2 aromatic rings. The smallest absolute Gasteiger partial charge is 0.262 e. The van der Waals surface area contributed by atoms with Crippen LogP contribution in [-0.2, 0) is 10.0 Å². The maximum absolute atomic E-state index is 12.4. The van der Waals surface area contributed by atoms with Gasteiger partial charge >= 0.3 is 0 Å². The number of aromatic hydroxyl groups is 1. The Morgan fingerprint density at radius 3 is 2.48 bits per heavy atom. The van der Waals surface area contributed by atoms with E-state index in [1.54, 1.807) is 12.1 Å². The minimum Gasteiger partial charge on any atom is -0.506 e. The van der Waals surface area contributed by atoms with Gasteiger partial charge in [-0.1, -0.05) is 12.1 Å². The van der Waals surface area contributed by atoms with Crippen LogP contribution < -0.4 is 14.8 Å². The number of hydrogen-bond acceptors (Lipinski definition) is 5. The lowest BCUT2D eigenvalue weighted by Gasteiger charge is -2.12. The predicted molar refractivity (Wildman–Crippen MR) is 85.3 cm³/mol. The van der Waals surface area contributed by atoms with Gasteiger partial charge in [-0.3, -0.25) is 9.52 Å². The lowest BCUT2D eigenvalue weighted by molar-refractivity contribution is 0.0960. The number of ether oxygens (including phenoxy) is 1. The molecule has 2 aromatic carbocycles. The zero-order valence-electron chi connectivity index (χ0n) is 12.5. The second-order valence-corrected chi connectivity index (χ2v) is 6.25. The second kappa shape index (κ2) is 6.57. The molecule has 0 saturated heterocycles. The van der Waals surface area contributed by atoms with E-state index >= 15 is 0 Å². The second-order valence-electron chi connectivity index (χ2n) is 4.56. The number of carbonyl (C=O) groups excluding carboxylic acids is 1. The first-order valence-electron chi connectivity index (χ1n) is 6.60. The Kier molecular flexibility index (Phi) is 4.75. The molecule has 0 bridgehead atoms. The van der Waals surface area contributed by atoms with Gasteiger partial charge in [0.1, 0.15) is 11.5 Å². The largest absolute Gasteiger partial charge is 0.506 e. The molecule has 0 radical (unpaired) electrons. The molecule has 0 heterocycles. The van der Waals surface area contributed by atoms with E-state index in [1.807, 2.05) is 0 Å². The fourth-order valence-electron chi connectivity index (χ4n) is 1.93. The molecule has 0 aliphatic heterocycles. The lowest BCUT2D eigenvalue weighted by atomic mass is 10.2. The van der Waals surface area contributed by atoms with Gasteiger partial charge in [0.15, 0.2) is 0 Å². The SMILES string of the molecule is CNC(=O)c1cc(S(=O)(=O)Nc2ccccc2O)ccc1OC. The van der Waals surface area contributed by atoms with Crippen LogP contribution in [0.4, 0.5) is 5.69 Å². The number of benzene rings is 2. The Morgan fingerprint density at radius 2 is 1.87 bits per heavy atom. The van der Waals surface area contributed by atoms with Gasteiger partial charge in [0.25, 0.3) is 15.9 Å². The molecule has 1 amide bonds. The highest BCUT2D eigenvalue weighted by Gasteiger charge is 2.20. The quantitative estimate of drug-likeness (QED) is 0.719. The Labute approximate surface area is 134 Å². The third-order valence-electron chi connectivity index (χ3n) is 3.10. The van der Waals surface area contributed by atoms with Crippen molar-refractivity contribution in [2.24, 2.45) is 0 Å². The first-order chi connectivity index (χ1) is 10.9. The molecule has 23 heavy (non-hydrogen) atoms. The molecule has 0 aromatic heterocycles. The highest BCUT2D eigenvalue weighted by molar-refractivity contribution is 7.92. The number of amides is 1. The van der Waals surface area contributed by atoms with Crippen molar-refractivity contribution in [1.29, 1.82) is 0 Å². The number of phenolic OH excluding ortho intramolecular Hbond substituents is 1. The Hall–Kier alpha value is -2.74. The van der Waals surface area contributed by atoms with E-state index in [0.29, 0.717) is 0 Å². The number of nitrogens with one attached hydrogen (secondary N) is 2. The molecule has 0 unspecified atom stereocenters. The van der Waals surface area contributed by atoms with E-state index in [-0.39, 0.29) is 27.6 Å². The first kappa shape index (κ1) is 16.6. The molecule has 0 aliphatic rings. The van der Waals surface area contributed by atoms with Crippen molar-refractivity contribution >= 4 is 21.6 Å². The van der Waals surface area contributed by atoms with Crippen LogP contribution in [0.2, 0.25) is 0 Å². The summed E-state index contributed by atoms with van der Waals surface area (Å²) in [6.45, 7) is 0. The summed E-state index contributed by atoms with van der Waals surface area (Å²) in [7, 11) is -1.15.